The molecular weight excluding hydrogens is 367 g/mol. The maximum absolute atomic E-state index is 12.7. The molecule has 0 radical (unpaired) electrons. The van der Waals surface area contributed by atoms with Gasteiger partial charge in [-0.3, -0.25) is 4.79 Å². The third-order valence-electron chi connectivity index (χ3n) is 4.27. The molecule has 0 saturated carbocycles. The minimum atomic E-state index is -0.264. The molecule has 0 spiro atoms. The Morgan fingerprint density at radius 3 is 2.46 bits per heavy atom. The molecule has 0 bridgehead atoms. The molecule has 3 aromatic carbocycles. The van der Waals surface area contributed by atoms with Crippen LogP contribution in [0.1, 0.15) is 21.7 Å². The van der Waals surface area contributed by atoms with Crippen LogP contribution in [-0.4, -0.2) is 5.78 Å². The van der Waals surface area contributed by atoms with Crippen molar-refractivity contribution < 1.29 is 9.21 Å². The molecule has 0 unspecified atom stereocenters. The van der Waals surface area contributed by atoms with Gasteiger partial charge in [0.15, 0.2) is 5.76 Å². The van der Waals surface area contributed by atoms with Gasteiger partial charge in [0.1, 0.15) is 5.58 Å². The van der Waals surface area contributed by atoms with E-state index in [9.17, 15) is 4.79 Å². The van der Waals surface area contributed by atoms with Crippen LogP contribution in [0, 0.1) is 6.92 Å². The molecule has 1 aromatic heterocycles. The van der Waals surface area contributed by atoms with Crippen LogP contribution in [-0.2, 0) is 0 Å². The smallest absolute Gasteiger partial charge is 0.229 e. The molecule has 4 rings (SSSR count). The number of aryl methyl sites for hydroxylation is 1. The minimum absolute atomic E-state index is 0.255. The first kappa shape index (κ1) is 16.9. The van der Waals surface area contributed by atoms with Crippen molar-refractivity contribution in [3.8, 4) is 11.1 Å². The number of benzene rings is 3. The summed E-state index contributed by atoms with van der Waals surface area (Å²) in [4.78, 5) is 12.7. The standard InChI is InChI=1S/C22H14Cl2O2/c1-13-3-2-4-14(9-13)15-5-6-16-11-21(26-20(16)10-15)22(25)18-8-7-17(23)12-19(18)24/h2-12H,1H3. The van der Waals surface area contributed by atoms with Gasteiger partial charge in [-0.05, 0) is 48.4 Å². The average Bonchev–Trinajstić information content (AvgIpc) is 3.04. The lowest BCUT2D eigenvalue weighted by Crippen LogP contribution is -2.00. The van der Waals surface area contributed by atoms with Crippen LogP contribution in [0.25, 0.3) is 22.1 Å². The maximum atomic E-state index is 12.7. The van der Waals surface area contributed by atoms with Gasteiger partial charge in [-0.2, -0.15) is 0 Å². The highest BCUT2D eigenvalue weighted by molar-refractivity contribution is 6.37. The quantitative estimate of drug-likeness (QED) is 0.360. The SMILES string of the molecule is Cc1cccc(-c2ccc3cc(C(=O)c4ccc(Cl)cc4Cl)oc3c2)c1. The maximum Gasteiger partial charge on any atom is 0.229 e. The predicted molar refractivity (Wildman–Crippen MR) is 106 cm³/mol. The fourth-order valence-electron chi connectivity index (χ4n) is 2.95. The van der Waals surface area contributed by atoms with Crippen molar-refractivity contribution in [3.05, 3.63) is 93.7 Å². The topological polar surface area (TPSA) is 30.2 Å². The number of halogens is 2. The molecule has 0 aliphatic heterocycles. The zero-order chi connectivity index (χ0) is 18.3. The predicted octanol–water partition coefficient (Wildman–Crippen LogP) is 6.95. The summed E-state index contributed by atoms with van der Waals surface area (Å²) < 4.78 is 5.82. The van der Waals surface area contributed by atoms with Crippen LogP contribution in [0.3, 0.4) is 0 Å². The van der Waals surface area contributed by atoms with E-state index >= 15 is 0 Å². The summed E-state index contributed by atoms with van der Waals surface area (Å²) >= 11 is 12.0. The van der Waals surface area contributed by atoms with Crippen molar-refractivity contribution in [2.75, 3.05) is 0 Å². The van der Waals surface area contributed by atoms with E-state index in [-0.39, 0.29) is 11.5 Å². The van der Waals surface area contributed by atoms with E-state index in [1.807, 2.05) is 24.3 Å². The molecule has 4 heteroatoms. The van der Waals surface area contributed by atoms with E-state index in [4.69, 9.17) is 27.6 Å². The third kappa shape index (κ3) is 3.14. The molecule has 0 saturated heterocycles. The molecule has 0 N–H and O–H groups in total. The summed E-state index contributed by atoms with van der Waals surface area (Å²) in [7, 11) is 0. The van der Waals surface area contributed by atoms with Gasteiger partial charge in [0.2, 0.25) is 5.78 Å². The van der Waals surface area contributed by atoms with E-state index in [1.165, 1.54) is 5.56 Å². The Kier molecular flexibility index (Phi) is 4.31. The Morgan fingerprint density at radius 2 is 1.69 bits per heavy atom. The molecular formula is C22H14Cl2O2. The summed E-state index contributed by atoms with van der Waals surface area (Å²) in [5.74, 6) is -0.00872. The van der Waals surface area contributed by atoms with Crippen molar-refractivity contribution in [1.29, 1.82) is 0 Å². The van der Waals surface area contributed by atoms with Gasteiger partial charge in [0.25, 0.3) is 0 Å². The molecule has 0 aliphatic carbocycles. The minimum Gasteiger partial charge on any atom is -0.453 e. The van der Waals surface area contributed by atoms with E-state index in [0.29, 0.717) is 21.2 Å². The van der Waals surface area contributed by atoms with Crippen LogP contribution in [0.2, 0.25) is 10.0 Å². The van der Waals surface area contributed by atoms with Crippen molar-refractivity contribution >= 4 is 40.0 Å². The Morgan fingerprint density at radius 1 is 0.885 bits per heavy atom. The fourth-order valence-corrected chi connectivity index (χ4v) is 3.45. The first-order chi connectivity index (χ1) is 12.5. The van der Waals surface area contributed by atoms with E-state index in [2.05, 4.69) is 25.1 Å². The number of carbonyl (C=O) groups is 1. The van der Waals surface area contributed by atoms with Crippen molar-refractivity contribution in [2.24, 2.45) is 0 Å². The van der Waals surface area contributed by atoms with Crippen molar-refractivity contribution in [2.45, 2.75) is 6.92 Å². The summed E-state index contributed by atoms with van der Waals surface area (Å²) in [6.45, 7) is 2.06. The lowest BCUT2D eigenvalue weighted by Gasteiger charge is -2.02. The number of hydrogen-bond donors (Lipinski definition) is 0. The van der Waals surface area contributed by atoms with E-state index in [0.717, 1.165) is 16.5 Å². The monoisotopic (exact) mass is 380 g/mol. The molecule has 4 aromatic rings. The average molecular weight is 381 g/mol. The molecule has 0 fully saturated rings. The van der Waals surface area contributed by atoms with Crippen molar-refractivity contribution in [1.82, 2.24) is 0 Å². The molecule has 1 heterocycles. The second-order valence-electron chi connectivity index (χ2n) is 6.19. The first-order valence-electron chi connectivity index (χ1n) is 8.12. The van der Waals surface area contributed by atoms with Gasteiger partial charge < -0.3 is 4.42 Å². The summed E-state index contributed by atoms with van der Waals surface area (Å²) in [6, 6.07) is 20.7. The first-order valence-corrected chi connectivity index (χ1v) is 8.87. The normalized spacial score (nSPS) is 11.0. The molecule has 0 atom stereocenters. The van der Waals surface area contributed by atoms with Gasteiger partial charge in [0.05, 0.1) is 5.02 Å². The largest absolute Gasteiger partial charge is 0.453 e. The Bertz CT molecular complexity index is 1140. The van der Waals surface area contributed by atoms with E-state index < -0.39 is 0 Å². The number of fused-ring (bicyclic) bond motifs is 1. The summed E-state index contributed by atoms with van der Waals surface area (Å²) in [5.41, 5.74) is 4.37. The van der Waals surface area contributed by atoms with Crippen LogP contribution >= 0.6 is 23.2 Å². The van der Waals surface area contributed by atoms with Crippen LogP contribution in [0.5, 0.6) is 0 Å². The summed E-state index contributed by atoms with van der Waals surface area (Å²) in [6.07, 6.45) is 0. The Balaban J connectivity index is 1.75. The highest BCUT2D eigenvalue weighted by Crippen LogP contribution is 2.29. The number of rotatable bonds is 3. The second-order valence-corrected chi connectivity index (χ2v) is 7.03. The molecule has 0 amide bonds. The lowest BCUT2D eigenvalue weighted by atomic mass is 10.0. The van der Waals surface area contributed by atoms with Gasteiger partial charge in [0, 0.05) is 16.0 Å². The van der Waals surface area contributed by atoms with Gasteiger partial charge in [-0.1, -0.05) is 65.2 Å². The van der Waals surface area contributed by atoms with Crippen LogP contribution in [0.4, 0.5) is 0 Å². The Labute approximate surface area is 161 Å². The highest BCUT2D eigenvalue weighted by Gasteiger charge is 2.18. The van der Waals surface area contributed by atoms with Crippen LogP contribution < -0.4 is 0 Å². The number of carbonyl (C=O) groups excluding carboxylic acids is 1. The summed E-state index contributed by atoms with van der Waals surface area (Å²) in [5, 5.41) is 1.66. The number of hydrogen-bond acceptors (Lipinski definition) is 2. The third-order valence-corrected chi connectivity index (χ3v) is 4.82. The van der Waals surface area contributed by atoms with Gasteiger partial charge in [-0.15, -0.1) is 0 Å². The Hall–Kier alpha value is -2.55. The molecule has 2 nitrogen and oxygen atoms in total. The van der Waals surface area contributed by atoms with E-state index in [1.54, 1.807) is 24.3 Å². The molecule has 128 valence electrons. The lowest BCUT2D eigenvalue weighted by molar-refractivity contribution is 0.101. The highest BCUT2D eigenvalue weighted by atomic mass is 35.5. The second kappa shape index (κ2) is 6.64. The zero-order valence-corrected chi connectivity index (χ0v) is 15.4. The molecule has 26 heavy (non-hydrogen) atoms. The van der Waals surface area contributed by atoms with Crippen molar-refractivity contribution in [3.63, 3.8) is 0 Å². The van der Waals surface area contributed by atoms with Gasteiger partial charge >= 0.3 is 0 Å². The number of ketones is 1. The zero-order valence-electron chi connectivity index (χ0n) is 13.9. The fraction of sp³-hybridized carbons (Fsp3) is 0.0455. The van der Waals surface area contributed by atoms with Crippen LogP contribution in [0.15, 0.2) is 71.1 Å². The number of furan rings is 1. The molecule has 0 aliphatic rings. The van der Waals surface area contributed by atoms with Gasteiger partial charge in [-0.25, -0.2) is 0 Å².